The first-order valence-electron chi connectivity index (χ1n) is 16.8. The Morgan fingerprint density at radius 1 is 1.20 bits per heavy atom. The highest BCUT2D eigenvalue weighted by Gasteiger charge is 2.75. The Morgan fingerprint density at radius 2 is 1.93 bits per heavy atom. The monoisotopic (exact) mass is 637 g/mol. The van der Waals surface area contributed by atoms with Gasteiger partial charge in [-0.1, -0.05) is 55.8 Å². The lowest BCUT2D eigenvalue weighted by atomic mass is 9.70. The van der Waals surface area contributed by atoms with E-state index in [1.54, 1.807) is 28.9 Å². The maximum Gasteiger partial charge on any atom is 0.313 e. The smallest absolute Gasteiger partial charge is 0.313 e. The Bertz CT molecular complexity index is 1260. The van der Waals surface area contributed by atoms with Crippen molar-refractivity contribution in [2.75, 3.05) is 19.7 Å². The second kappa shape index (κ2) is 15.9. The number of nitrogens with one attached hydrogen (secondary N) is 1. The molecule has 10 nitrogen and oxygen atoms in total. The van der Waals surface area contributed by atoms with Crippen molar-refractivity contribution in [2.24, 2.45) is 11.8 Å². The summed E-state index contributed by atoms with van der Waals surface area (Å²) in [4.78, 5) is 58.9. The van der Waals surface area contributed by atoms with Crippen molar-refractivity contribution in [1.29, 1.82) is 0 Å². The fourth-order valence-corrected chi connectivity index (χ4v) is 7.63. The maximum atomic E-state index is 14.5. The standard InChI is InChI=1S/C36H51N3O7/c1-6-9-18-28(41)37-25(5)31(26-16-11-10-12-17-26)45-35(44)29-27-19-20-36(46-27)30(29)33(42)39(22-13-14-23-40)32(36)34(43)38(21-8-3)24(4)15-7-2/h6,8,10-12,16-17,24-25,27,29-32,40H,1,3,7,9,13-15,18-23H2,2,4-5H3,(H,37,41)/t24?,25-,27+,29-,30-,31-,32+,36-/m1/s1. The number of ether oxygens (including phenoxy) is 2. The van der Waals surface area contributed by atoms with Crippen LogP contribution in [0, 0.1) is 11.8 Å². The molecule has 1 unspecified atom stereocenters. The summed E-state index contributed by atoms with van der Waals surface area (Å²) >= 11 is 0. The van der Waals surface area contributed by atoms with Crippen LogP contribution >= 0.6 is 0 Å². The second-order valence-electron chi connectivity index (χ2n) is 12.9. The van der Waals surface area contributed by atoms with Gasteiger partial charge in [0.25, 0.3) is 0 Å². The highest BCUT2D eigenvalue weighted by molar-refractivity contribution is 5.98. The lowest BCUT2D eigenvalue weighted by molar-refractivity contribution is -0.162. The van der Waals surface area contributed by atoms with Gasteiger partial charge in [-0.25, -0.2) is 0 Å². The Labute approximate surface area is 273 Å². The third-order valence-electron chi connectivity index (χ3n) is 9.75. The van der Waals surface area contributed by atoms with E-state index >= 15 is 0 Å². The number of esters is 1. The number of carbonyl (C=O) groups is 4. The largest absolute Gasteiger partial charge is 0.455 e. The molecule has 252 valence electrons. The fourth-order valence-electron chi connectivity index (χ4n) is 7.63. The van der Waals surface area contributed by atoms with Crippen molar-refractivity contribution in [3.8, 4) is 0 Å². The molecular weight excluding hydrogens is 586 g/mol. The van der Waals surface area contributed by atoms with Crippen LogP contribution in [-0.4, -0.2) is 88.1 Å². The number of aliphatic hydroxyl groups excluding tert-OH is 1. The van der Waals surface area contributed by atoms with Crippen LogP contribution in [-0.2, 0) is 28.7 Å². The molecule has 3 aliphatic heterocycles. The maximum absolute atomic E-state index is 14.5. The third kappa shape index (κ3) is 7.08. The lowest BCUT2D eigenvalue weighted by Crippen LogP contribution is -2.58. The van der Waals surface area contributed by atoms with Gasteiger partial charge in [-0.3, -0.25) is 19.2 Å². The van der Waals surface area contributed by atoms with Gasteiger partial charge < -0.3 is 29.7 Å². The average Bonchev–Trinajstić information content (AvgIpc) is 3.69. The van der Waals surface area contributed by atoms with Crippen molar-refractivity contribution < 1.29 is 33.8 Å². The number of allylic oxidation sites excluding steroid dienone is 1. The Balaban J connectivity index is 1.65. The number of amides is 3. The molecule has 1 aromatic rings. The normalized spacial score (nSPS) is 26.6. The van der Waals surface area contributed by atoms with Gasteiger partial charge in [0.1, 0.15) is 17.7 Å². The highest BCUT2D eigenvalue weighted by atomic mass is 16.6. The van der Waals surface area contributed by atoms with Crippen molar-refractivity contribution >= 4 is 23.7 Å². The van der Waals surface area contributed by atoms with Crippen LogP contribution in [0.4, 0.5) is 0 Å². The molecule has 46 heavy (non-hydrogen) atoms. The Kier molecular flexibility index (Phi) is 12.2. The molecule has 3 amide bonds. The fraction of sp³-hybridized carbons (Fsp3) is 0.611. The van der Waals surface area contributed by atoms with Gasteiger partial charge >= 0.3 is 5.97 Å². The first-order chi connectivity index (χ1) is 22.1. The van der Waals surface area contributed by atoms with E-state index in [-0.39, 0.29) is 43.3 Å². The van der Waals surface area contributed by atoms with E-state index in [0.29, 0.717) is 44.2 Å². The van der Waals surface area contributed by atoms with Crippen LogP contribution < -0.4 is 5.32 Å². The van der Waals surface area contributed by atoms with Gasteiger partial charge in [0.05, 0.1) is 24.0 Å². The summed E-state index contributed by atoms with van der Waals surface area (Å²) in [6.45, 7) is 14.0. The summed E-state index contributed by atoms with van der Waals surface area (Å²) in [6.07, 6.45) is 6.47. The van der Waals surface area contributed by atoms with E-state index < -0.39 is 47.7 Å². The van der Waals surface area contributed by atoms with E-state index in [2.05, 4.69) is 25.4 Å². The molecule has 0 aromatic heterocycles. The van der Waals surface area contributed by atoms with Crippen molar-refractivity contribution in [1.82, 2.24) is 15.1 Å². The lowest BCUT2D eigenvalue weighted by Gasteiger charge is -2.39. The van der Waals surface area contributed by atoms with Gasteiger partial charge in [-0.15, -0.1) is 13.2 Å². The van der Waals surface area contributed by atoms with Gasteiger partial charge in [0, 0.05) is 32.2 Å². The van der Waals surface area contributed by atoms with Crippen molar-refractivity contribution in [2.45, 2.75) is 108 Å². The molecule has 2 bridgehead atoms. The molecule has 2 N–H and O–H groups in total. The number of benzene rings is 1. The molecule has 1 spiro atoms. The van der Waals surface area contributed by atoms with E-state index in [9.17, 15) is 24.3 Å². The molecule has 10 heteroatoms. The topological polar surface area (TPSA) is 125 Å². The molecule has 0 saturated carbocycles. The summed E-state index contributed by atoms with van der Waals surface area (Å²) in [5, 5.41) is 12.4. The zero-order chi connectivity index (χ0) is 33.4. The summed E-state index contributed by atoms with van der Waals surface area (Å²) in [6, 6.07) is 7.71. The van der Waals surface area contributed by atoms with Crippen LogP contribution in [0.15, 0.2) is 55.6 Å². The second-order valence-corrected chi connectivity index (χ2v) is 12.9. The molecule has 0 aliphatic carbocycles. The number of hydrogen-bond acceptors (Lipinski definition) is 7. The molecule has 1 aromatic carbocycles. The van der Waals surface area contributed by atoms with E-state index in [4.69, 9.17) is 9.47 Å². The number of hydrogen-bond donors (Lipinski definition) is 2. The first kappa shape index (κ1) is 35.4. The SMILES string of the molecule is C=CCCC(=O)N[C@H](C)[C@@H](OC(=O)[C@@H]1[C@@H]2CC[C@]3(O2)[C@H](C(=O)N(CC=C)C(C)CCC)N(CCCCO)C(=O)[C@@H]13)c1ccccc1. The van der Waals surface area contributed by atoms with Gasteiger partial charge in [0.2, 0.25) is 17.7 Å². The predicted octanol–water partition coefficient (Wildman–Crippen LogP) is 4.09. The van der Waals surface area contributed by atoms with Gasteiger partial charge in [-0.05, 0) is 57.9 Å². The molecule has 3 saturated heterocycles. The molecule has 8 atom stereocenters. The minimum atomic E-state index is -1.15. The third-order valence-corrected chi connectivity index (χ3v) is 9.75. The molecule has 4 rings (SSSR count). The summed E-state index contributed by atoms with van der Waals surface area (Å²) in [7, 11) is 0. The molecule has 3 heterocycles. The first-order valence-corrected chi connectivity index (χ1v) is 16.8. The number of carbonyl (C=O) groups excluding carboxylic acids is 4. The number of unbranched alkanes of at least 4 members (excludes halogenated alkanes) is 1. The summed E-state index contributed by atoms with van der Waals surface area (Å²) in [5.41, 5.74) is -0.438. The number of likely N-dealkylation sites (tertiary alicyclic amines) is 1. The quantitative estimate of drug-likeness (QED) is 0.141. The number of rotatable bonds is 18. The number of aliphatic hydroxyl groups is 1. The Hall–Kier alpha value is -3.50. The minimum absolute atomic E-state index is 0.0257. The van der Waals surface area contributed by atoms with E-state index in [1.807, 2.05) is 37.3 Å². The number of fused-ring (bicyclic) bond motifs is 1. The van der Waals surface area contributed by atoms with Gasteiger partial charge in [0.15, 0.2) is 0 Å². The van der Waals surface area contributed by atoms with Crippen LogP contribution in [0.3, 0.4) is 0 Å². The molecule has 0 radical (unpaired) electrons. The summed E-state index contributed by atoms with van der Waals surface area (Å²) < 4.78 is 12.8. The molecule has 3 fully saturated rings. The van der Waals surface area contributed by atoms with Crippen LogP contribution in [0.25, 0.3) is 0 Å². The predicted molar refractivity (Wildman–Crippen MR) is 174 cm³/mol. The molecular formula is C36H51N3O7. The zero-order valence-electron chi connectivity index (χ0n) is 27.6. The van der Waals surface area contributed by atoms with Crippen molar-refractivity contribution in [3.05, 3.63) is 61.2 Å². The van der Waals surface area contributed by atoms with E-state index in [0.717, 1.165) is 12.8 Å². The van der Waals surface area contributed by atoms with Gasteiger partial charge in [-0.2, -0.15) is 0 Å². The Morgan fingerprint density at radius 3 is 2.59 bits per heavy atom. The zero-order valence-corrected chi connectivity index (χ0v) is 27.6. The summed E-state index contributed by atoms with van der Waals surface area (Å²) in [5.74, 6) is -3.01. The molecule has 3 aliphatic rings. The average molecular weight is 638 g/mol. The van der Waals surface area contributed by atoms with Crippen LogP contribution in [0.2, 0.25) is 0 Å². The van der Waals surface area contributed by atoms with Crippen LogP contribution in [0.1, 0.15) is 83.8 Å². The van der Waals surface area contributed by atoms with Crippen molar-refractivity contribution in [3.63, 3.8) is 0 Å². The van der Waals surface area contributed by atoms with Crippen LogP contribution in [0.5, 0.6) is 0 Å². The number of nitrogens with zero attached hydrogens (tertiary/aromatic N) is 2. The van der Waals surface area contributed by atoms with E-state index in [1.165, 1.54) is 0 Å². The highest BCUT2D eigenvalue weighted by Crippen LogP contribution is 2.59. The minimum Gasteiger partial charge on any atom is -0.455 e.